The van der Waals surface area contributed by atoms with Gasteiger partial charge in [-0.25, -0.2) is 4.79 Å². The standard InChI is InChI=1S/C17H17NO5/c1-21-15-9-13(17(20)22-2)7-8-14(15)23-10-11-3-5-12(6-4-11)16(18)19/h3-9H,10H2,1-2H3,(H2,18,19). The minimum atomic E-state index is -0.475. The van der Waals surface area contributed by atoms with Gasteiger partial charge in [-0.15, -0.1) is 0 Å². The van der Waals surface area contributed by atoms with Crippen LogP contribution in [-0.4, -0.2) is 26.1 Å². The Morgan fingerprint density at radius 2 is 1.61 bits per heavy atom. The van der Waals surface area contributed by atoms with Crippen LogP contribution in [0.1, 0.15) is 26.3 Å². The highest BCUT2D eigenvalue weighted by molar-refractivity contribution is 5.92. The van der Waals surface area contributed by atoms with Gasteiger partial charge in [-0.2, -0.15) is 0 Å². The van der Waals surface area contributed by atoms with Gasteiger partial charge in [-0.05, 0) is 35.9 Å². The Morgan fingerprint density at radius 1 is 0.957 bits per heavy atom. The maximum Gasteiger partial charge on any atom is 0.337 e. The molecule has 0 saturated heterocycles. The fraction of sp³-hybridized carbons (Fsp3) is 0.176. The molecule has 0 aliphatic rings. The number of ether oxygens (including phenoxy) is 3. The van der Waals surface area contributed by atoms with Crippen LogP contribution in [-0.2, 0) is 11.3 Å². The minimum absolute atomic E-state index is 0.285. The minimum Gasteiger partial charge on any atom is -0.493 e. The topological polar surface area (TPSA) is 87.9 Å². The third-order valence-electron chi connectivity index (χ3n) is 3.22. The first kappa shape index (κ1) is 16.4. The predicted molar refractivity (Wildman–Crippen MR) is 83.6 cm³/mol. The van der Waals surface area contributed by atoms with E-state index in [0.717, 1.165) is 5.56 Å². The van der Waals surface area contributed by atoms with E-state index in [9.17, 15) is 9.59 Å². The summed E-state index contributed by atoms with van der Waals surface area (Å²) in [7, 11) is 2.81. The lowest BCUT2D eigenvalue weighted by Gasteiger charge is -2.12. The van der Waals surface area contributed by atoms with E-state index in [-0.39, 0.29) is 6.61 Å². The van der Waals surface area contributed by atoms with Crippen molar-refractivity contribution in [1.82, 2.24) is 0 Å². The lowest BCUT2D eigenvalue weighted by Crippen LogP contribution is -2.10. The molecule has 0 heterocycles. The lowest BCUT2D eigenvalue weighted by molar-refractivity contribution is 0.0600. The van der Waals surface area contributed by atoms with Crippen LogP contribution in [0.3, 0.4) is 0 Å². The van der Waals surface area contributed by atoms with Crippen LogP contribution < -0.4 is 15.2 Å². The number of primary amides is 1. The summed E-state index contributed by atoms with van der Waals surface area (Å²) in [5, 5.41) is 0. The lowest BCUT2D eigenvalue weighted by atomic mass is 10.1. The quantitative estimate of drug-likeness (QED) is 0.825. The average Bonchev–Trinajstić information content (AvgIpc) is 2.59. The summed E-state index contributed by atoms with van der Waals surface area (Å²) >= 11 is 0. The van der Waals surface area contributed by atoms with E-state index in [0.29, 0.717) is 22.6 Å². The van der Waals surface area contributed by atoms with Crippen molar-refractivity contribution in [1.29, 1.82) is 0 Å². The number of esters is 1. The van der Waals surface area contributed by atoms with Gasteiger partial charge in [0.15, 0.2) is 11.5 Å². The van der Waals surface area contributed by atoms with Crippen molar-refractivity contribution < 1.29 is 23.8 Å². The molecule has 6 nitrogen and oxygen atoms in total. The van der Waals surface area contributed by atoms with Gasteiger partial charge in [0, 0.05) is 5.56 Å². The third kappa shape index (κ3) is 4.00. The molecule has 0 aliphatic carbocycles. The summed E-state index contributed by atoms with van der Waals surface area (Å²) in [5.74, 6) is 0.00946. The molecule has 1 amide bonds. The molecule has 0 atom stereocenters. The van der Waals surface area contributed by atoms with Crippen molar-refractivity contribution in [3.8, 4) is 11.5 Å². The van der Waals surface area contributed by atoms with E-state index < -0.39 is 11.9 Å². The van der Waals surface area contributed by atoms with Crippen molar-refractivity contribution in [3.63, 3.8) is 0 Å². The molecule has 0 unspecified atom stereocenters. The molecule has 2 aromatic carbocycles. The zero-order valence-electron chi connectivity index (χ0n) is 12.9. The number of nitrogens with two attached hydrogens (primary N) is 1. The molecule has 6 heteroatoms. The van der Waals surface area contributed by atoms with Crippen molar-refractivity contribution in [3.05, 3.63) is 59.2 Å². The zero-order valence-corrected chi connectivity index (χ0v) is 12.9. The molecule has 0 aromatic heterocycles. The van der Waals surface area contributed by atoms with Crippen LogP contribution in [0.15, 0.2) is 42.5 Å². The molecule has 0 saturated carbocycles. The van der Waals surface area contributed by atoms with Crippen LogP contribution in [0.5, 0.6) is 11.5 Å². The average molecular weight is 315 g/mol. The fourth-order valence-electron chi connectivity index (χ4n) is 1.96. The molecule has 0 fully saturated rings. The molecule has 120 valence electrons. The number of hydrogen-bond donors (Lipinski definition) is 1. The summed E-state index contributed by atoms with van der Waals surface area (Å²) in [5.41, 5.74) is 6.88. The van der Waals surface area contributed by atoms with Crippen molar-refractivity contribution in [2.24, 2.45) is 5.73 Å². The first-order chi connectivity index (χ1) is 11.0. The Kier molecular flexibility index (Phi) is 5.19. The number of amides is 1. The number of benzene rings is 2. The maximum atomic E-state index is 11.5. The van der Waals surface area contributed by atoms with Gasteiger partial charge in [-0.3, -0.25) is 4.79 Å². The van der Waals surface area contributed by atoms with Crippen molar-refractivity contribution in [2.45, 2.75) is 6.61 Å². The number of hydrogen-bond acceptors (Lipinski definition) is 5. The summed E-state index contributed by atoms with van der Waals surface area (Å²) in [6, 6.07) is 11.6. The Morgan fingerprint density at radius 3 is 2.17 bits per heavy atom. The van der Waals surface area contributed by atoms with E-state index in [2.05, 4.69) is 4.74 Å². The maximum absolute atomic E-state index is 11.5. The Hall–Kier alpha value is -3.02. The monoisotopic (exact) mass is 315 g/mol. The second-order valence-electron chi connectivity index (χ2n) is 4.71. The van der Waals surface area contributed by atoms with E-state index in [1.165, 1.54) is 14.2 Å². The van der Waals surface area contributed by atoms with Gasteiger partial charge in [-0.1, -0.05) is 12.1 Å². The highest BCUT2D eigenvalue weighted by Gasteiger charge is 2.11. The Balaban J connectivity index is 2.10. The summed E-state index contributed by atoms with van der Waals surface area (Å²) in [4.78, 5) is 22.5. The first-order valence-electron chi connectivity index (χ1n) is 6.83. The summed E-state index contributed by atoms with van der Waals surface area (Å²) in [6.45, 7) is 0.285. The SMILES string of the molecule is COC(=O)c1ccc(OCc2ccc(C(N)=O)cc2)c(OC)c1. The van der Waals surface area contributed by atoms with Crippen LogP contribution in [0.2, 0.25) is 0 Å². The highest BCUT2D eigenvalue weighted by atomic mass is 16.5. The molecule has 0 spiro atoms. The van der Waals surface area contributed by atoms with Gasteiger partial charge < -0.3 is 19.9 Å². The predicted octanol–water partition coefficient (Wildman–Crippen LogP) is 2.16. The van der Waals surface area contributed by atoms with E-state index in [4.69, 9.17) is 15.2 Å². The Labute approximate surface area is 133 Å². The molecule has 2 N–H and O–H groups in total. The number of carbonyl (C=O) groups is 2. The van der Waals surface area contributed by atoms with E-state index in [1.807, 2.05) is 0 Å². The second-order valence-corrected chi connectivity index (χ2v) is 4.71. The first-order valence-corrected chi connectivity index (χ1v) is 6.83. The fourth-order valence-corrected chi connectivity index (χ4v) is 1.96. The molecule has 0 aliphatic heterocycles. The van der Waals surface area contributed by atoms with Gasteiger partial charge in [0.05, 0.1) is 19.8 Å². The molecule has 23 heavy (non-hydrogen) atoms. The van der Waals surface area contributed by atoms with Crippen LogP contribution in [0.25, 0.3) is 0 Å². The smallest absolute Gasteiger partial charge is 0.337 e. The molecule has 2 rings (SSSR count). The third-order valence-corrected chi connectivity index (χ3v) is 3.22. The van der Waals surface area contributed by atoms with Crippen LogP contribution in [0, 0.1) is 0 Å². The normalized spacial score (nSPS) is 10.0. The molecular weight excluding hydrogens is 298 g/mol. The molecule has 2 aromatic rings. The zero-order chi connectivity index (χ0) is 16.8. The second kappa shape index (κ2) is 7.31. The molecule has 0 bridgehead atoms. The number of carbonyl (C=O) groups excluding carboxylic acids is 2. The van der Waals surface area contributed by atoms with E-state index >= 15 is 0 Å². The highest BCUT2D eigenvalue weighted by Crippen LogP contribution is 2.29. The van der Waals surface area contributed by atoms with Gasteiger partial charge in [0.2, 0.25) is 5.91 Å². The van der Waals surface area contributed by atoms with Crippen LogP contribution in [0.4, 0.5) is 0 Å². The van der Waals surface area contributed by atoms with E-state index in [1.54, 1.807) is 42.5 Å². The number of methoxy groups -OCH3 is 2. The van der Waals surface area contributed by atoms with Crippen LogP contribution >= 0.6 is 0 Å². The van der Waals surface area contributed by atoms with Crippen molar-refractivity contribution in [2.75, 3.05) is 14.2 Å². The summed E-state index contributed by atoms with van der Waals surface area (Å²) < 4.78 is 15.6. The Bertz CT molecular complexity index is 709. The largest absolute Gasteiger partial charge is 0.493 e. The molecule has 0 radical (unpaired) electrons. The van der Waals surface area contributed by atoms with Crippen molar-refractivity contribution >= 4 is 11.9 Å². The summed E-state index contributed by atoms with van der Waals surface area (Å²) in [6.07, 6.45) is 0. The van der Waals surface area contributed by atoms with Gasteiger partial charge >= 0.3 is 5.97 Å². The van der Waals surface area contributed by atoms with Gasteiger partial charge in [0.1, 0.15) is 6.61 Å². The van der Waals surface area contributed by atoms with Gasteiger partial charge in [0.25, 0.3) is 0 Å². The molecular formula is C17H17NO5. The number of rotatable bonds is 6.